The molecule has 1 heterocycles. The van der Waals surface area contributed by atoms with Crippen LogP contribution in [0.25, 0.3) is 49.7 Å². The van der Waals surface area contributed by atoms with Gasteiger partial charge in [0.25, 0.3) is 0 Å². The lowest BCUT2D eigenvalue weighted by Crippen LogP contribution is -1.93. The fraction of sp³-hybridized carbons (Fsp3) is 0. The van der Waals surface area contributed by atoms with Crippen LogP contribution in [0, 0.1) is 0 Å². The van der Waals surface area contributed by atoms with Crippen molar-refractivity contribution < 1.29 is 0 Å². The van der Waals surface area contributed by atoms with Crippen molar-refractivity contribution in [3.05, 3.63) is 115 Å². The molecule has 0 atom stereocenters. The summed E-state index contributed by atoms with van der Waals surface area (Å²) in [5, 5.41) is 2.50. The molecule has 0 spiro atoms. The molecule has 0 saturated carbocycles. The van der Waals surface area contributed by atoms with E-state index in [0.717, 1.165) is 16.8 Å². The number of anilines is 2. The van der Waals surface area contributed by atoms with E-state index in [1.807, 2.05) is 18.2 Å². The minimum Gasteiger partial charge on any atom is -0.399 e. The summed E-state index contributed by atoms with van der Waals surface area (Å²) >= 11 is 0. The van der Waals surface area contributed by atoms with Crippen LogP contribution < -0.4 is 11.5 Å². The zero-order valence-electron chi connectivity index (χ0n) is 18.1. The first-order valence-electron chi connectivity index (χ1n) is 11.0. The Bertz CT molecular complexity index is 1610. The average molecular weight is 426 g/mol. The molecule has 4 N–H and O–H groups in total. The Morgan fingerprint density at radius 3 is 1.97 bits per heavy atom. The molecule has 0 bridgehead atoms. The molecule has 5 aromatic carbocycles. The van der Waals surface area contributed by atoms with Gasteiger partial charge in [-0.25, -0.2) is 0 Å². The third-order valence-electron chi connectivity index (χ3n) is 6.29. The molecule has 158 valence electrons. The van der Waals surface area contributed by atoms with Crippen molar-refractivity contribution in [1.29, 1.82) is 0 Å². The second-order valence-corrected chi connectivity index (χ2v) is 8.34. The van der Waals surface area contributed by atoms with Crippen LogP contribution in [0.15, 0.2) is 115 Å². The van der Waals surface area contributed by atoms with E-state index in [-0.39, 0.29) is 0 Å². The van der Waals surface area contributed by atoms with Gasteiger partial charge in [0.2, 0.25) is 0 Å². The predicted molar refractivity (Wildman–Crippen MR) is 140 cm³/mol. The van der Waals surface area contributed by atoms with Crippen molar-refractivity contribution >= 4 is 33.2 Å². The van der Waals surface area contributed by atoms with Crippen molar-refractivity contribution in [2.24, 2.45) is 0 Å². The van der Waals surface area contributed by atoms with Crippen LogP contribution in [0.3, 0.4) is 0 Å². The number of fused-ring (bicyclic) bond motifs is 3. The molecule has 0 amide bonds. The van der Waals surface area contributed by atoms with E-state index in [2.05, 4.69) is 102 Å². The Labute approximate surface area is 192 Å². The maximum Gasteiger partial charge on any atom is 0.0541 e. The third-order valence-corrected chi connectivity index (χ3v) is 6.29. The molecular weight excluding hydrogens is 402 g/mol. The molecule has 0 saturated heterocycles. The van der Waals surface area contributed by atoms with Gasteiger partial charge in [0.05, 0.1) is 11.0 Å². The molecule has 6 aromatic rings. The molecule has 1 aromatic heterocycles. The van der Waals surface area contributed by atoms with Crippen LogP contribution >= 0.6 is 0 Å². The molecule has 0 radical (unpaired) electrons. The van der Waals surface area contributed by atoms with Gasteiger partial charge in [-0.05, 0) is 65.2 Å². The maximum atomic E-state index is 6.18. The van der Waals surface area contributed by atoms with Crippen LogP contribution in [0.4, 0.5) is 11.4 Å². The van der Waals surface area contributed by atoms with E-state index in [1.54, 1.807) is 0 Å². The molecule has 0 aliphatic carbocycles. The van der Waals surface area contributed by atoms with E-state index in [0.29, 0.717) is 5.69 Å². The lowest BCUT2D eigenvalue weighted by atomic mass is 9.98. The molecule has 0 fully saturated rings. The highest BCUT2D eigenvalue weighted by molar-refractivity contribution is 6.10. The zero-order chi connectivity index (χ0) is 22.4. The van der Waals surface area contributed by atoms with Crippen LogP contribution in [0.1, 0.15) is 0 Å². The Hall–Kier alpha value is -4.50. The fourth-order valence-electron chi connectivity index (χ4n) is 4.67. The van der Waals surface area contributed by atoms with Crippen LogP contribution in [0.5, 0.6) is 0 Å². The second-order valence-electron chi connectivity index (χ2n) is 8.34. The van der Waals surface area contributed by atoms with Crippen LogP contribution in [-0.2, 0) is 0 Å². The summed E-state index contributed by atoms with van der Waals surface area (Å²) in [6.07, 6.45) is 0. The molecule has 0 aliphatic rings. The van der Waals surface area contributed by atoms with Gasteiger partial charge in [-0.2, -0.15) is 0 Å². The first-order chi connectivity index (χ1) is 16.2. The standard InChI is InChI=1S/C30H23N3/c31-23-15-16-28(32)26(19-23)21-12-10-20(11-13-21)22-14-17-30-27(18-22)25-8-4-5-9-29(25)33(30)24-6-2-1-3-7-24/h1-19H,31-32H2. The number of nitrogens with two attached hydrogens (primary N) is 2. The molecule has 3 nitrogen and oxygen atoms in total. The normalized spacial score (nSPS) is 11.3. The summed E-state index contributed by atoms with van der Waals surface area (Å²) in [5.41, 5.74) is 21.5. The largest absolute Gasteiger partial charge is 0.399 e. The highest BCUT2D eigenvalue weighted by Crippen LogP contribution is 2.35. The van der Waals surface area contributed by atoms with Crippen molar-refractivity contribution in [3.8, 4) is 27.9 Å². The van der Waals surface area contributed by atoms with Crippen LogP contribution in [0.2, 0.25) is 0 Å². The number of hydrogen-bond donors (Lipinski definition) is 2. The molecule has 0 aliphatic heterocycles. The summed E-state index contributed by atoms with van der Waals surface area (Å²) in [7, 11) is 0. The van der Waals surface area contributed by atoms with Gasteiger partial charge in [-0.15, -0.1) is 0 Å². The lowest BCUT2D eigenvalue weighted by Gasteiger charge is -2.10. The van der Waals surface area contributed by atoms with Crippen molar-refractivity contribution in [1.82, 2.24) is 4.57 Å². The SMILES string of the molecule is Nc1ccc(N)c(-c2ccc(-c3ccc4c(c3)c3ccccc3n4-c3ccccc3)cc2)c1. The number of rotatable bonds is 3. The van der Waals surface area contributed by atoms with Crippen molar-refractivity contribution in [2.45, 2.75) is 0 Å². The van der Waals surface area contributed by atoms with E-state index in [1.165, 1.54) is 38.6 Å². The number of nitrogens with zero attached hydrogens (tertiary/aromatic N) is 1. The number of hydrogen-bond acceptors (Lipinski definition) is 2. The molecule has 3 heteroatoms. The number of aromatic nitrogens is 1. The van der Waals surface area contributed by atoms with Gasteiger partial charge in [-0.1, -0.05) is 66.7 Å². The number of benzene rings is 5. The quantitative estimate of drug-likeness (QED) is 0.293. The summed E-state index contributed by atoms with van der Waals surface area (Å²) in [6, 6.07) is 40.0. The first kappa shape index (κ1) is 19.2. The smallest absolute Gasteiger partial charge is 0.0541 e. The van der Waals surface area contributed by atoms with Gasteiger partial charge in [0.1, 0.15) is 0 Å². The summed E-state index contributed by atoms with van der Waals surface area (Å²) in [6.45, 7) is 0. The lowest BCUT2D eigenvalue weighted by molar-refractivity contribution is 1.18. The minimum atomic E-state index is 0.712. The van der Waals surface area contributed by atoms with Crippen molar-refractivity contribution in [2.75, 3.05) is 11.5 Å². The van der Waals surface area contributed by atoms with Gasteiger partial charge < -0.3 is 16.0 Å². The van der Waals surface area contributed by atoms with Crippen LogP contribution in [-0.4, -0.2) is 4.57 Å². The molecule has 33 heavy (non-hydrogen) atoms. The minimum absolute atomic E-state index is 0.712. The zero-order valence-corrected chi connectivity index (χ0v) is 18.1. The second kappa shape index (κ2) is 7.57. The van der Waals surface area contributed by atoms with E-state index in [9.17, 15) is 0 Å². The highest BCUT2D eigenvalue weighted by Gasteiger charge is 2.13. The van der Waals surface area contributed by atoms with E-state index < -0.39 is 0 Å². The number of para-hydroxylation sites is 2. The summed E-state index contributed by atoms with van der Waals surface area (Å²) < 4.78 is 2.33. The fourth-order valence-corrected chi connectivity index (χ4v) is 4.67. The Balaban J connectivity index is 1.48. The Morgan fingerprint density at radius 1 is 0.485 bits per heavy atom. The molecular formula is C30H23N3. The Morgan fingerprint density at radius 2 is 1.15 bits per heavy atom. The molecule has 6 rings (SSSR count). The van der Waals surface area contributed by atoms with Crippen molar-refractivity contribution in [3.63, 3.8) is 0 Å². The third kappa shape index (κ3) is 3.22. The maximum absolute atomic E-state index is 6.18. The number of nitrogen functional groups attached to an aromatic ring is 2. The van der Waals surface area contributed by atoms with Gasteiger partial charge in [0, 0.05) is 33.4 Å². The van der Waals surface area contributed by atoms with Gasteiger partial charge in [0.15, 0.2) is 0 Å². The topological polar surface area (TPSA) is 57.0 Å². The van der Waals surface area contributed by atoms with Gasteiger partial charge in [-0.3, -0.25) is 0 Å². The first-order valence-corrected chi connectivity index (χ1v) is 11.0. The monoisotopic (exact) mass is 425 g/mol. The Kier molecular flexibility index (Phi) is 4.41. The molecule has 0 unspecified atom stereocenters. The highest BCUT2D eigenvalue weighted by atomic mass is 15.0. The van der Waals surface area contributed by atoms with E-state index in [4.69, 9.17) is 11.5 Å². The summed E-state index contributed by atoms with van der Waals surface area (Å²) in [5.74, 6) is 0. The predicted octanol–water partition coefficient (Wildman–Crippen LogP) is 7.28. The van der Waals surface area contributed by atoms with Gasteiger partial charge >= 0.3 is 0 Å². The van der Waals surface area contributed by atoms with E-state index >= 15 is 0 Å². The summed E-state index contributed by atoms with van der Waals surface area (Å²) in [4.78, 5) is 0. The average Bonchev–Trinajstić information content (AvgIpc) is 3.20.